The first-order valence-corrected chi connectivity index (χ1v) is 7.02. The van der Waals surface area contributed by atoms with Gasteiger partial charge in [0, 0.05) is 17.7 Å². The molecule has 1 aliphatic carbocycles. The van der Waals surface area contributed by atoms with Crippen molar-refractivity contribution in [2.45, 2.75) is 19.4 Å². The second kappa shape index (κ2) is 6.89. The molecule has 0 heterocycles. The molecule has 6 heteroatoms. The maximum absolute atomic E-state index is 12.2. The van der Waals surface area contributed by atoms with Crippen molar-refractivity contribution < 1.29 is 14.3 Å². The molecule has 4 N–H and O–H groups in total. The average molecular weight is 301 g/mol. The Kier molecular flexibility index (Phi) is 4.93. The fourth-order valence-corrected chi connectivity index (χ4v) is 2.43. The molecule has 0 spiro atoms. The van der Waals surface area contributed by atoms with E-state index < -0.39 is 5.92 Å². The number of amidine groups is 1. The number of ether oxygens (including phenoxy) is 1. The molecule has 1 atom stereocenters. The largest absolute Gasteiger partial charge is 0.469 e. The Bertz CT molecular complexity index is 620. The smallest absolute Gasteiger partial charge is 0.313 e. The SMILES string of the molecule is COC(=O)C1CCC=C1C(=O)NCc1ccc(C(=N)N)cc1. The van der Waals surface area contributed by atoms with Gasteiger partial charge in [0.05, 0.1) is 13.0 Å². The molecule has 0 saturated heterocycles. The van der Waals surface area contributed by atoms with Gasteiger partial charge in [-0.2, -0.15) is 0 Å². The van der Waals surface area contributed by atoms with Crippen LogP contribution < -0.4 is 11.1 Å². The van der Waals surface area contributed by atoms with Crippen LogP contribution in [0.5, 0.6) is 0 Å². The van der Waals surface area contributed by atoms with Crippen molar-refractivity contribution in [1.29, 1.82) is 5.41 Å². The minimum absolute atomic E-state index is 0.00705. The van der Waals surface area contributed by atoms with Crippen molar-refractivity contribution >= 4 is 17.7 Å². The molecule has 116 valence electrons. The van der Waals surface area contributed by atoms with E-state index in [1.165, 1.54) is 7.11 Å². The van der Waals surface area contributed by atoms with Gasteiger partial charge < -0.3 is 15.8 Å². The Morgan fingerprint density at radius 1 is 1.36 bits per heavy atom. The van der Waals surface area contributed by atoms with Crippen molar-refractivity contribution in [3.05, 3.63) is 47.0 Å². The summed E-state index contributed by atoms with van der Waals surface area (Å²) in [5.41, 5.74) is 7.40. The van der Waals surface area contributed by atoms with E-state index in [9.17, 15) is 9.59 Å². The average Bonchev–Trinajstić information content (AvgIpc) is 3.01. The van der Waals surface area contributed by atoms with Gasteiger partial charge in [-0.3, -0.25) is 15.0 Å². The molecule has 0 aliphatic heterocycles. The lowest BCUT2D eigenvalue weighted by Gasteiger charge is -2.13. The van der Waals surface area contributed by atoms with Gasteiger partial charge in [-0.05, 0) is 18.4 Å². The molecule has 6 nitrogen and oxygen atoms in total. The molecule has 0 fully saturated rings. The number of nitrogens with two attached hydrogens (primary N) is 1. The Morgan fingerprint density at radius 2 is 2.05 bits per heavy atom. The van der Waals surface area contributed by atoms with E-state index in [-0.39, 0.29) is 17.7 Å². The molecule has 1 unspecified atom stereocenters. The molecular weight excluding hydrogens is 282 g/mol. The Morgan fingerprint density at radius 3 is 2.64 bits per heavy atom. The number of hydrogen-bond donors (Lipinski definition) is 3. The zero-order valence-electron chi connectivity index (χ0n) is 12.4. The molecule has 0 bridgehead atoms. The quantitative estimate of drug-likeness (QED) is 0.430. The maximum Gasteiger partial charge on any atom is 0.313 e. The number of nitrogen functional groups attached to an aromatic ring is 1. The summed E-state index contributed by atoms with van der Waals surface area (Å²) in [6.45, 7) is 0.349. The second-order valence-corrected chi connectivity index (χ2v) is 5.11. The predicted octanol–water partition coefficient (Wildman–Crippen LogP) is 1.10. The number of amides is 1. The van der Waals surface area contributed by atoms with Crippen LogP contribution >= 0.6 is 0 Å². The van der Waals surface area contributed by atoms with Crippen LogP contribution in [0.3, 0.4) is 0 Å². The van der Waals surface area contributed by atoms with Gasteiger partial charge in [0.1, 0.15) is 5.84 Å². The third-order valence-electron chi connectivity index (χ3n) is 3.66. The van der Waals surface area contributed by atoms with Crippen molar-refractivity contribution in [3.8, 4) is 0 Å². The van der Waals surface area contributed by atoms with Gasteiger partial charge in [-0.1, -0.05) is 30.3 Å². The number of carbonyl (C=O) groups is 2. The number of methoxy groups -OCH3 is 1. The highest BCUT2D eigenvalue weighted by atomic mass is 16.5. The van der Waals surface area contributed by atoms with Crippen LogP contribution in [-0.4, -0.2) is 24.8 Å². The Labute approximate surface area is 128 Å². The standard InChI is InChI=1S/C16H19N3O3/c1-22-16(21)13-4-2-3-12(13)15(20)19-9-10-5-7-11(8-6-10)14(17)18/h3,5-8,13H,2,4,9H2,1H3,(H3,17,18)(H,19,20). The molecule has 22 heavy (non-hydrogen) atoms. The molecule has 1 amide bonds. The second-order valence-electron chi connectivity index (χ2n) is 5.11. The molecule has 1 aliphatic rings. The number of benzene rings is 1. The van der Waals surface area contributed by atoms with Gasteiger partial charge in [-0.15, -0.1) is 0 Å². The summed E-state index contributed by atoms with van der Waals surface area (Å²) >= 11 is 0. The van der Waals surface area contributed by atoms with Gasteiger partial charge >= 0.3 is 5.97 Å². The van der Waals surface area contributed by atoms with E-state index in [0.29, 0.717) is 30.5 Å². The Balaban J connectivity index is 1.95. The number of rotatable bonds is 5. The number of allylic oxidation sites excluding steroid dienone is 1. The van der Waals surface area contributed by atoms with Crippen LogP contribution in [0.1, 0.15) is 24.0 Å². The number of nitrogens with one attached hydrogen (secondary N) is 2. The lowest BCUT2D eigenvalue weighted by molar-refractivity contribution is -0.144. The highest BCUT2D eigenvalue weighted by Gasteiger charge is 2.31. The van der Waals surface area contributed by atoms with Crippen molar-refractivity contribution in [3.63, 3.8) is 0 Å². The first kappa shape index (κ1) is 15.8. The summed E-state index contributed by atoms with van der Waals surface area (Å²) < 4.78 is 4.72. The predicted molar refractivity (Wildman–Crippen MR) is 82.1 cm³/mol. The van der Waals surface area contributed by atoms with E-state index in [4.69, 9.17) is 15.9 Å². The van der Waals surface area contributed by atoms with Crippen LogP contribution in [0, 0.1) is 11.3 Å². The fraction of sp³-hybridized carbons (Fsp3) is 0.312. The maximum atomic E-state index is 12.2. The van der Waals surface area contributed by atoms with Crippen LogP contribution in [0.2, 0.25) is 0 Å². The van der Waals surface area contributed by atoms with Crippen molar-refractivity contribution in [1.82, 2.24) is 5.32 Å². The molecule has 1 aromatic carbocycles. The molecule has 0 saturated carbocycles. The van der Waals surface area contributed by atoms with E-state index in [0.717, 1.165) is 5.56 Å². The summed E-state index contributed by atoms with van der Waals surface area (Å²) in [5, 5.41) is 10.1. The van der Waals surface area contributed by atoms with Crippen LogP contribution in [0.25, 0.3) is 0 Å². The van der Waals surface area contributed by atoms with Crippen molar-refractivity contribution in [2.75, 3.05) is 7.11 Å². The van der Waals surface area contributed by atoms with Crippen molar-refractivity contribution in [2.24, 2.45) is 11.7 Å². The summed E-state index contributed by atoms with van der Waals surface area (Å²) in [6.07, 6.45) is 3.11. The molecule has 0 radical (unpaired) electrons. The molecule has 0 aromatic heterocycles. The summed E-state index contributed by atoms with van der Waals surface area (Å²) in [7, 11) is 1.33. The summed E-state index contributed by atoms with van der Waals surface area (Å²) in [6, 6.07) is 7.07. The highest BCUT2D eigenvalue weighted by Crippen LogP contribution is 2.27. The summed E-state index contributed by atoms with van der Waals surface area (Å²) in [5.74, 6) is -1.08. The minimum atomic E-state index is -0.468. The number of hydrogen-bond acceptors (Lipinski definition) is 4. The zero-order valence-corrected chi connectivity index (χ0v) is 12.4. The highest BCUT2D eigenvalue weighted by molar-refractivity contribution is 5.99. The fourth-order valence-electron chi connectivity index (χ4n) is 2.43. The lowest BCUT2D eigenvalue weighted by atomic mass is 10.0. The summed E-state index contributed by atoms with van der Waals surface area (Å²) in [4.78, 5) is 23.8. The van der Waals surface area contributed by atoms with E-state index in [2.05, 4.69) is 5.32 Å². The van der Waals surface area contributed by atoms with Crippen LogP contribution in [-0.2, 0) is 20.9 Å². The van der Waals surface area contributed by atoms with E-state index in [1.54, 1.807) is 30.3 Å². The Hall–Kier alpha value is -2.63. The topological polar surface area (TPSA) is 105 Å². The van der Waals surface area contributed by atoms with Crippen LogP contribution in [0.15, 0.2) is 35.9 Å². The van der Waals surface area contributed by atoms with Gasteiger partial charge in [0.15, 0.2) is 0 Å². The zero-order chi connectivity index (χ0) is 16.1. The first-order chi connectivity index (χ1) is 10.5. The molecule has 2 rings (SSSR count). The van der Waals surface area contributed by atoms with Gasteiger partial charge in [-0.25, -0.2) is 0 Å². The number of carbonyl (C=O) groups excluding carboxylic acids is 2. The van der Waals surface area contributed by atoms with Gasteiger partial charge in [0.2, 0.25) is 5.91 Å². The lowest BCUT2D eigenvalue weighted by Crippen LogP contribution is -2.29. The third kappa shape index (κ3) is 3.52. The monoisotopic (exact) mass is 301 g/mol. The van der Waals surface area contributed by atoms with E-state index in [1.807, 2.05) is 0 Å². The molecule has 1 aromatic rings. The third-order valence-corrected chi connectivity index (χ3v) is 3.66. The van der Waals surface area contributed by atoms with Gasteiger partial charge in [0.25, 0.3) is 0 Å². The molecular formula is C16H19N3O3. The number of esters is 1. The normalized spacial score (nSPS) is 16.8. The minimum Gasteiger partial charge on any atom is -0.469 e. The van der Waals surface area contributed by atoms with Crippen LogP contribution in [0.4, 0.5) is 0 Å². The first-order valence-electron chi connectivity index (χ1n) is 7.02. The van der Waals surface area contributed by atoms with E-state index >= 15 is 0 Å².